The second-order valence-electron chi connectivity index (χ2n) is 7.00. The number of alkyl halides is 3. The maximum atomic E-state index is 13.1. The van der Waals surface area contributed by atoms with Crippen molar-refractivity contribution in [2.45, 2.75) is 13.1 Å². The minimum atomic E-state index is -4.61. The normalized spacial score (nSPS) is 11.3. The van der Waals surface area contributed by atoms with Crippen molar-refractivity contribution >= 4 is 28.5 Å². The molecule has 0 spiro atoms. The van der Waals surface area contributed by atoms with Gasteiger partial charge in [0.25, 0.3) is 5.91 Å². The number of hydrogen-bond acceptors (Lipinski definition) is 6. The van der Waals surface area contributed by atoms with Gasteiger partial charge < -0.3 is 19.5 Å². The lowest BCUT2D eigenvalue weighted by Gasteiger charge is -2.15. The van der Waals surface area contributed by atoms with Crippen LogP contribution in [0.4, 0.5) is 18.9 Å². The third kappa shape index (κ3) is 6.19. The number of halogens is 3. The number of hydrogen-bond donors (Lipinski definition) is 1. The molecule has 0 saturated carbocycles. The van der Waals surface area contributed by atoms with Gasteiger partial charge in [-0.1, -0.05) is 18.2 Å². The summed E-state index contributed by atoms with van der Waals surface area (Å²) in [6.07, 6.45) is -4.61. The van der Waals surface area contributed by atoms with E-state index >= 15 is 0 Å². The molecule has 0 fully saturated rings. The highest BCUT2D eigenvalue weighted by atomic mass is 19.4. The lowest BCUT2D eigenvalue weighted by atomic mass is 10.1. The van der Waals surface area contributed by atoms with Gasteiger partial charge in [0.05, 0.1) is 28.9 Å². The first-order chi connectivity index (χ1) is 15.7. The molecule has 0 saturated heterocycles. The monoisotopic (exact) mass is 462 g/mol. The molecule has 7 nitrogen and oxygen atoms in total. The Balaban J connectivity index is 1.73. The first-order valence-corrected chi connectivity index (χ1v) is 9.85. The molecule has 0 unspecified atom stereocenters. The van der Waals surface area contributed by atoms with Crippen LogP contribution in [0.1, 0.15) is 21.6 Å². The molecule has 1 N–H and O–H groups in total. The van der Waals surface area contributed by atoms with E-state index in [-0.39, 0.29) is 30.2 Å². The first-order valence-electron chi connectivity index (χ1n) is 9.85. The van der Waals surface area contributed by atoms with Crippen LogP contribution in [0.15, 0.2) is 48.5 Å². The number of amides is 1. The van der Waals surface area contributed by atoms with Crippen LogP contribution >= 0.6 is 0 Å². The smallest absolute Gasteiger partial charge is 0.416 e. The number of benzene rings is 2. The lowest BCUT2D eigenvalue weighted by molar-refractivity contribution is -0.137. The van der Waals surface area contributed by atoms with Gasteiger partial charge in [0.2, 0.25) is 0 Å². The number of fused-ring (bicyclic) bond motifs is 1. The number of rotatable bonds is 8. The number of anilines is 1. The third-order valence-corrected chi connectivity index (χ3v) is 4.52. The fourth-order valence-electron chi connectivity index (χ4n) is 3.04. The summed E-state index contributed by atoms with van der Waals surface area (Å²) >= 11 is 0. The van der Waals surface area contributed by atoms with Gasteiger partial charge >= 0.3 is 12.1 Å². The number of carbonyl (C=O) groups is 2. The molecule has 3 aromatic rings. The van der Waals surface area contributed by atoms with Crippen molar-refractivity contribution in [3.8, 4) is 5.75 Å². The molecule has 0 atom stereocenters. The Hall–Kier alpha value is -3.66. The number of carbonyl (C=O) groups excluding carboxylic acids is 2. The minimum Gasteiger partial charge on any atom is -0.489 e. The molecular formula is C23H21F3N2O5. The maximum absolute atomic E-state index is 13.1. The van der Waals surface area contributed by atoms with Crippen molar-refractivity contribution in [3.05, 3.63) is 65.4 Å². The van der Waals surface area contributed by atoms with Gasteiger partial charge in [-0.25, -0.2) is 4.79 Å². The summed E-state index contributed by atoms with van der Waals surface area (Å²) in [5.41, 5.74) is 0.246. The van der Waals surface area contributed by atoms with Crippen molar-refractivity contribution in [3.63, 3.8) is 0 Å². The highest BCUT2D eigenvalue weighted by Gasteiger charge is 2.31. The summed E-state index contributed by atoms with van der Waals surface area (Å²) in [6, 6.07) is 11.2. The van der Waals surface area contributed by atoms with Gasteiger partial charge in [0.1, 0.15) is 12.4 Å². The molecule has 0 aliphatic rings. The Kier molecular flexibility index (Phi) is 7.49. The molecule has 0 radical (unpaired) electrons. The quantitative estimate of drug-likeness (QED) is 0.395. The predicted molar refractivity (Wildman–Crippen MR) is 114 cm³/mol. The molecule has 1 heterocycles. The van der Waals surface area contributed by atoms with E-state index in [1.54, 1.807) is 31.2 Å². The highest BCUT2D eigenvalue weighted by Crippen LogP contribution is 2.35. The molecule has 1 amide bonds. The van der Waals surface area contributed by atoms with Crippen LogP contribution < -0.4 is 10.1 Å². The van der Waals surface area contributed by atoms with Crippen molar-refractivity contribution in [2.75, 3.05) is 32.2 Å². The van der Waals surface area contributed by atoms with Crippen LogP contribution in [0, 0.1) is 6.92 Å². The molecule has 2 aromatic carbocycles. The predicted octanol–water partition coefficient (Wildman–Crippen LogP) is 4.38. The first kappa shape index (κ1) is 24.0. The summed E-state index contributed by atoms with van der Waals surface area (Å²) < 4.78 is 54.6. The second kappa shape index (κ2) is 10.3. The number of esters is 1. The van der Waals surface area contributed by atoms with Crippen LogP contribution in [0.25, 0.3) is 10.9 Å². The van der Waals surface area contributed by atoms with Gasteiger partial charge in [-0.05, 0) is 37.3 Å². The zero-order valence-electron chi connectivity index (χ0n) is 17.9. The molecule has 0 aliphatic heterocycles. The Morgan fingerprint density at radius 3 is 2.55 bits per heavy atom. The number of aryl methyl sites for hydroxylation is 1. The van der Waals surface area contributed by atoms with Crippen LogP contribution in [-0.2, 0) is 20.4 Å². The number of ether oxygens (including phenoxy) is 3. The van der Waals surface area contributed by atoms with E-state index in [9.17, 15) is 22.8 Å². The van der Waals surface area contributed by atoms with Crippen LogP contribution in [0.3, 0.4) is 0 Å². The zero-order chi connectivity index (χ0) is 24.0. The molecule has 0 bridgehead atoms. The molecule has 3 rings (SSSR count). The Bertz CT molecular complexity index is 1160. The van der Waals surface area contributed by atoms with E-state index in [0.717, 1.165) is 18.2 Å². The Morgan fingerprint density at radius 2 is 1.82 bits per heavy atom. The molecule has 33 heavy (non-hydrogen) atoms. The van der Waals surface area contributed by atoms with Gasteiger partial charge in [-0.3, -0.25) is 9.78 Å². The number of para-hydroxylation sites is 1. The standard InChI is InChI=1S/C23H21F3N2O5/c1-14-11-17(16-5-3-4-6-18(16)27-14)22(30)33-13-21(29)28-19-12-15(23(24,25)26)7-8-20(19)32-10-9-31-2/h3-8,11-12H,9-10,13H2,1-2H3,(H,28,29). The van der Waals surface area contributed by atoms with E-state index in [1.807, 2.05) is 0 Å². The van der Waals surface area contributed by atoms with Gasteiger partial charge in [0.15, 0.2) is 6.61 Å². The van der Waals surface area contributed by atoms with Crippen LogP contribution in [-0.4, -0.2) is 43.8 Å². The molecule has 1 aromatic heterocycles. The van der Waals surface area contributed by atoms with Crippen LogP contribution in [0.2, 0.25) is 0 Å². The lowest BCUT2D eigenvalue weighted by Crippen LogP contribution is -2.22. The van der Waals surface area contributed by atoms with E-state index in [0.29, 0.717) is 16.6 Å². The highest BCUT2D eigenvalue weighted by molar-refractivity contribution is 6.04. The Labute approximate surface area is 187 Å². The van der Waals surface area contributed by atoms with Crippen molar-refractivity contribution < 1.29 is 37.0 Å². The maximum Gasteiger partial charge on any atom is 0.416 e. The minimum absolute atomic E-state index is 0.0236. The average molecular weight is 462 g/mol. The van der Waals surface area contributed by atoms with Crippen molar-refractivity contribution in [2.24, 2.45) is 0 Å². The fraction of sp³-hybridized carbons (Fsp3) is 0.261. The van der Waals surface area contributed by atoms with E-state index < -0.39 is 30.2 Å². The second-order valence-corrected chi connectivity index (χ2v) is 7.00. The van der Waals surface area contributed by atoms with E-state index in [4.69, 9.17) is 14.2 Å². The van der Waals surface area contributed by atoms with E-state index in [2.05, 4.69) is 10.3 Å². The van der Waals surface area contributed by atoms with Gasteiger partial charge in [0, 0.05) is 18.2 Å². The molecule has 0 aliphatic carbocycles. The van der Waals surface area contributed by atoms with Crippen LogP contribution in [0.5, 0.6) is 5.75 Å². The van der Waals surface area contributed by atoms with Gasteiger partial charge in [-0.2, -0.15) is 13.2 Å². The number of pyridine rings is 1. The number of nitrogens with one attached hydrogen (secondary N) is 1. The zero-order valence-corrected chi connectivity index (χ0v) is 17.9. The SMILES string of the molecule is COCCOc1ccc(C(F)(F)F)cc1NC(=O)COC(=O)c1cc(C)nc2ccccc12. The van der Waals surface area contributed by atoms with E-state index in [1.165, 1.54) is 13.2 Å². The third-order valence-electron chi connectivity index (χ3n) is 4.52. The topological polar surface area (TPSA) is 86.8 Å². The van der Waals surface area contributed by atoms with Crippen molar-refractivity contribution in [1.82, 2.24) is 4.98 Å². The molecular weight excluding hydrogens is 441 g/mol. The number of aromatic nitrogens is 1. The summed E-state index contributed by atoms with van der Waals surface area (Å²) in [4.78, 5) is 29.3. The largest absolute Gasteiger partial charge is 0.489 e. The summed E-state index contributed by atoms with van der Waals surface area (Å²) in [6.45, 7) is 1.27. The van der Waals surface area contributed by atoms with Gasteiger partial charge in [-0.15, -0.1) is 0 Å². The number of nitrogens with zero attached hydrogens (tertiary/aromatic N) is 1. The summed E-state index contributed by atoms with van der Waals surface area (Å²) in [5.74, 6) is -1.56. The Morgan fingerprint density at radius 1 is 1.06 bits per heavy atom. The summed E-state index contributed by atoms with van der Waals surface area (Å²) in [7, 11) is 1.45. The summed E-state index contributed by atoms with van der Waals surface area (Å²) in [5, 5.41) is 2.87. The molecule has 10 heteroatoms. The average Bonchev–Trinajstić information content (AvgIpc) is 2.77. The number of methoxy groups -OCH3 is 1. The fourth-order valence-corrected chi connectivity index (χ4v) is 3.04. The molecule has 174 valence electrons. The van der Waals surface area contributed by atoms with Crippen molar-refractivity contribution in [1.29, 1.82) is 0 Å².